The summed E-state index contributed by atoms with van der Waals surface area (Å²) in [5.74, 6) is -0.504. The first-order valence-corrected chi connectivity index (χ1v) is 5.02. The molecular weight excluding hydrogens is 218 g/mol. The van der Waals surface area contributed by atoms with Gasteiger partial charge in [0.2, 0.25) is 0 Å². The van der Waals surface area contributed by atoms with E-state index in [1.54, 1.807) is 6.92 Å². The summed E-state index contributed by atoms with van der Waals surface area (Å²) in [4.78, 5) is 11.9. The molecule has 6 heteroatoms. The van der Waals surface area contributed by atoms with Crippen molar-refractivity contribution in [2.24, 2.45) is 0 Å². The minimum atomic E-state index is -1.06. The van der Waals surface area contributed by atoms with Gasteiger partial charge in [-0.3, -0.25) is 0 Å². The number of nitrogens with two attached hydrogens (primary N) is 1. The molecule has 1 atom stereocenters. The molecular formula is C9H13NO4S. The number of nitrogen functional groups attached to an aromatic ring is 1. The smallest absolute Gasteiger partial charge is 0.341 e. The van der Waals surface area contributed by atoms with Gasteiger partial charge in [0, 0.05) is 7.11 Å². The first kappa shape index (κ1) is 12.0. The normalized spacial score (nSPS) is 12.5. The van der Waals surface area contributed by atoms with Crippen LogP contribution in [0.2, 0.25) is 0 Å². The third kappa shape index (κ3) is 2.11. The predicted octanol–water partition coefficient (Wildman–Crippen LogP) is 1.06. The lowest BCUT2D eigenvalue weighted by Crippen LogP contribution is -2.06. The Hall–Kier alpha value is -1.11. The van der Waals surface area contributed by atoms with E-state index in [4.69, 9.17) is 10.5 Å². The number of carbonyl (C=O) groups excluding carboxylic acids is 1. The van der Waals surface area contributed by atoms with Crippen molar-refractivity contribution in [3.63, 3.8) is 0 Å². The van der Waals surface area contributed by atoms with Gasteiger partial charge < -0.3 is 20.3 Å². The highest BCUT2D eigenvalue weighted by Gasteiger charge is 2.23. The minimum Gasteiger partial charge on any atom is -0.465 e. The summed E-state index contributed by atoms with van der Waals surface area (Å²) in [6.45, 7) is 1.69. The molecule has 0 saturated carbocycles. The van der Waals surface area contributed by atoms with Crippen molar-refractivity contribution in [3.05, 3.63) is 16.0 Å². The van der Waals surface area contributed by atoms with Crippen molar-refractivity contribution >= 4 is 22.3 Å². The molecule has 3 N–H and O–H groups in total. The van der Waals surface area contributed by atoms with Crippen LogP contribution in [0.1, 0.15) is 27.1 Å². The summed E-state index contributed by atoms with van der Waals surface area (Å²) in [6.07, 6.45) is -1.06. The second-order valence-corrected chi connectivity index (χ2v) is 3.99. The van der Waals surface area contributed by atoms with Crippen LogP contribution >= 0.6 is 11.3 Å². The number of esters is 1. The van der Waals surface area contributed by atoms with Gasteiger partial charge in [0.25, 0.3) is 0 Å². The lowest BCUT2D eigenvalue weighted by molar-refractivity contribution is -0.0746. The van der Waals surface area contributed by atoms with Gasteiger partial charge in [-0.1, -0.05) is 0 Å². The molecule has 84 valence electrons. The number of hydrogen-bond acceptors (Lipinski definition) is 6. The quantitative estimate of drug-likeness (QED) is 0.600. The Balaban J connectivity index is 3.20. The van der Waals surface area contributed by atoms with Crippen LogP contribution in [0.3, 0.4) is 0 Å². The number of anilines is 1. The Labute approximate surface area is 91.4 Å². The fraction of sp³-hybridized carbons (Fsp3) is 0.444. The lowest BCUT2D eigenvalue weighted by atomic mass is 10.1. The molecule has 0 aromatic carbocycles. The molecule has 1 aromatic rings. The third-order valence-corrected chi connectivity index (χ3v) is 3.20. The van der Waals surface area contributed by atoms with Gasteiger partial charge in [0.1, 0.15) is 5.00 Å². The molecule has 0 saturated heterocycles. The Bertz CT molecular complexity index is 374. The zero-order valence-electron chi connectivity index (χ0n) is 8.73. The van der Waals surface area contributed by atoms with Crippen LogP contribution in [0.25, 0.3) is 0 Å². The maximum absolute atomic E-state index is 11.4. The fourth-order valence-electron chi connectivity index (χ4n) is 1.25. The van der Waals surface area contributed by atoms with Crippen molar-refractivity contribution in [3.8, 4) is 0 Å². The van der Waals surface area contributed by atoms with E-state index in [-0.39, 0.29) is 0 Å². The van der Waals surface area contributed by atoms with Crippen molar-refractivity contribution < 1.29 is 19.4 Å². The van der Waals surface area contributed by atoms with Crippen molar-refractivity contribution in [2.75, 3.05) is 20.0 Å². The van der Waals surface area contributed by atoms with Gasteiger partial charge in [-0.2, -0.15) is 0 Å². The first-order chi connectivity index (χ1) is 7.02. The Kier molecular flexibility index (Phi) is 3.67. The van der Waals surface area contributed by atoms with Crippen LogP contribution in [0.5, 0.6) is 0 Å². The average molecular weight is 231 g/mol. The van der Waals surface area contributed by atoms with Crippen LogP contribution in [0.15, 0.2) is 0 Å². The second kappa shape index (κ2) is 4.61. The van der Waals surface area contributed by atoms with Crippen LogP contribution in [0, 0.1) is 6.92 Å². The summed E-state index contributed by atoms with van der Waals surface area (Å²) in [6, 6.07) is 0. The molecule has 0 fully saturated rings. The molecule has 1 rings (SSSR count). The van der Waals surface area contributed by atoms with Crippen molar-refractivity contribution in [1.82, 2.24) is 0 Å². The molecule has 0 amide bonds. The average Bonchev–Trinajstić information content (AvgIpc) is 2.52. The summed E-state index contributed by atoms with van der Waals surface area (Å²) in [7, 11) is 2.66. The highest BCUT2D eigenvalue weighted by atomic mass is 32.1. The van der Waals surface area contributed by atoms with Gasteiger partial charge in [0.15, 0.2) is 6.29 Å². The van der Waals surface area contributed by atoms with E-state index >= 15 is 0 Å². The number of aliphatic hydroxyl groups excluding tert-OH is 1. The van der Waals surface area contributed by atoms with E-state index in [0.717, 1.165) is 11.3 Å². The Morgan fingerprint density at radius 1 is 1.53 bits per heavy atom. The SMILES string of the molecule is COC(=O)c1c(N)sc(C(O)OC)c1C. The van der Waals surface area contributed by atoms with E-state index in [1.807, 2.05) is 0 Å². The second-order valence-electron chi connectivity index (χ2n) is 2.91. The summed E-state index contributed by atoms with van der Waals surface area (Å²) < 4.78 is 9.35. The molecule has 15 heavy (non-hydrogen) atoms. The van der Waals surface area contributed by atoms with E-state index < -0.39 is 12.3 Å². The maximum atomic E-state index is 11.4. The predicted molar refractivity (Wildman–Crippen MR) is 56.8 cm³/mol. The number of rotatable bonds is 3. The van der Waals surface area contributed by atoms with E-state index in [9.17, 15) is 9.90 Å². The molecule has 0 radical (unpaired) electrons. The van der Waals surface area contributed by atoms with Crippen LogP contribution in [-0.4, -0.2) is 25.3 Å². The molecule has 0 aliphatic heterocycles. The number of thiophene rings is 1. The number of carbonyl (C=O) groups is 1. The summed E-state index contributed by atoms with van der Waals surface area (Å²) in [5, 5.41) is 9.81. The molecule has 0 aliphatic rings. The fourth-order valence-corrected chi connectivity index (χ4v) is 2.28. The number of ether oxygens (including phenoxy) is 2. The van der Waals surface area contributed by atoms with Crippen LogP contribution in [-0.2, 0) is 9.47 Å². The van der Waals surface area contributed by atoms with Crippen LogP contribution in [0.4, 0.5) is 5.00 Å². The van der Waals surface area contributed by atoms with Gasteiger partial charge in [0.05, 0.1) is 17.6 Å². The van der Waals surface area contributed by atoms with E-state index in [1.165, 1.54) is 14.2 Å². The minimum absolute atomic E-state index is 0.300. The maximum Gasteiger partial charge on any atom is 0.341 e. The standard InChI is InChI=1S/C9H13NO4S/c1-4-5(8(11)13-2)7(10)15-6(4)9(12)14-3/h9,12H,10H2,1-3H3. The van der Waals surface area contributed by atoms with Crippen molar-refractivity contribution in [2.45, 2.75) is 13.2 Å². The van der Waals surface area contributed by atoms with E-state index in [0.29, 0.717) is 21.0 Å². The third-order valence-electron chi connectivity index (χ3n) is 2.05. The van der Waals surface area contributed by atoms with Gasteiger partial charge in [-0.05, 0) is 12.5 Å². The Morgan fingerprint density at radius 3 is 2.60 bits per heavy atom. The van der Waals surface area contributed by atoms with Crippen LogP contribution < -0.4 is 5.73 Å². The largest absolute Gasteiger partial charge is 0.465 e. The van der Waals surface area contributed by atoms with E-state index in [2.05, 4.69) is 4.74 Å². The topological polar surface area (TPSA) is 81.8 Å². The summed E-state index contributed by atoms with van der Waals surface area (Å²) in [5.41, 5.74) is 6.56. The van der Waals surface area contributed by atoms with Crippen molar-refractivity contribution in [1.29, 1.82) is 0 Å². The Morgan fingerprint density at radius 2 is 2.13 bits per heavy atom. The zero-order valence-corrected chi connectivity index (χ0v) is 9.55. The molecule has 0 bridgehead atoms. The first-order valence-electron chi connectivity index (χ1n) is 4.20. The monoisotopic (exact) mass is 231 g/mol. The highest BCUT2D eigenvalue weighted by molar-refractivity contribution is 7.16. The number of aliphatic hydroxyl groups is 1. The van der Waals surface area contributed by atoms with Gasteiger partial charge in [-0.15, -0.1) is 11.3 Å². The molecule has 0 aliphatic carbocycles. The number of methoxy groups -OCH3 is 2. The lowest BCUT2D eigenvalue weighted by Gasteiger charge is -2.06. The van der Waals surface area contributed by atoms with Gasteiger partial charge in [-0.25, -0.2) is 4.79 Å². The molecule has 1 unspecified atom stereocenters. The van der Waals surface area contributed by atoms with Gasteiger partial charge >= 0.3 is 5.97 Å². The zero-order chi connectivity index (χ0) is 11.6. The number of hydrogen-bond donors (Lipinski definition) is 2. The molecule has 1 heterocycles. The molecule has 1 aromatic heterocycles. The summed E-state index contributed by atoms with van der Waals surface area (Å²) >= 11 is 1.12. The molecule has 0 spiro atoms. The highest BCUT2D eigenvalue weighted by Crippen LogP contribution is 2.35. The molecule has 5 nitrogen and oxygen atoms in total.